The van der Waals surface area contributed by atoms with Gasteiger partial charge in [-0.05, 0) is 30.7 Å². The molecule has 0 aliphatic rings. The van der Waals surface area contributed by atoms with Crippen molar-refractivity contribution in [2.75, 3.05) is 0 Å². The Labute approximate surface area is 163 Å². The number of amides is 2. The van der Waals surface area contributed by atoms with Gasteiger partial charge in [0, 0.05) is 36.8 Å². The van der Waals surface area contributed by atoms with E-state index in [4.69, 9.17) is 0 Å². The van der Waals surface area contributed by atoms with E-state index in [-0.39, 0.29) is 17.9 Å². The van der Waals surface area contributed by atoms with Crippen molar-refractivity contribution in [1.29, 1.82) is 0 Å². The molecule has 2 aromatic heterocycles. The van der Waals surface area contributed by atoms with E-state index in [0.29, 0.717) is 18.7 Å². The Morgan fingerprint density at radius 1 is 1.21 bits per heavy atom. The van der Waals surface area contributed by atoms with Crippen LogP contribution in [-0.2, 0) is 17.9 Å². The monoisotopic (exact) mass is 378 g/mol. The Kier molecular flexibility index (Phi) is 6.11. The zero-order valence-corrected chi connectivity index (χ0v) is 15.8. The number of aromatic nitrogens is 4. The van der Waals surface area contributed by atoms with Crippen molar-refractivity contribution in [2.24, 2.45) is 0 Å². The second kappa shape index (κ2) is 8.90. The second-order valence-electron chi connectivity index (χ2n) is 6.53. The maximum absolute atomic E-state index is 12.6. The van der Waals surface area contributed by atoms with Crippen molar-refractivity contribution >= 4 is 11.8 Å². The molecule has 8 heteroatoms. The topological polar surface area (TPSA) is 102 Å². The molecule has 0 spiro atoms. The first-order chi connectivity index (χ1) is 13.5. The number of rotatable bonds is 7. The van der Waals surface area contributed by atoms with Crippen LogP contribution in [0, 0.1) is 0 Å². The molecule has 8 nitrogen and oxygen atoms in total. The van der Waals surface area contributed by atoms with Crippen LogP contribution in [0.4, 0.5) is 0 Å². The fraction of sp³-hybridized carbons (Fsp3) is 0.250. The van der Waals surface area contributed by atoms with Crippen LogP contribution in [0.3, 0.4) is 0 Å². The minimum Gasteiger partial charge on any atom is -0.352 e. The molecule has 0 bridgehead atoms. The smallest absolute Gasteiger partial charge is 0.251 e. The zero-order valence-electron chi connectivity index (χ0n) is 15.8. The predicted molar refractivity (Wildman–Crippen MR) is 104 cm³/mol. The Hall–Kier alpha value is -3.55. The third-order valence-electron chi connectivity index (χ3n) is 4.09. The molecular formula is C20H22N6O2. The number of carbonyl (C=O) groups excluding carboxylic acids is 2. The third-order valence-corrected chi connectivity index (χ3v) is 4.09. The first kappa shape index (κ1) is 19.2. The Balaban J connectivity index is 1.66. The van der Waals surface area contributed by atoms with Gasteiger partial charge in [0.05, 0.1) is 12.2 Å². The largest absolute Gasteiger partial charge is 0.352 e. The Morgan fingerprint density at radius 2 is 2.07 bits per heavy atom. The fourth-order valence-electron chi connectivity index (χ4n) is 2.71. The SMILES string of the molecule is CC(=O)NCc1ccc(-c2cccc(C(=O)NC(C)Cn3cncn3)c2)nc1. The molecule has 0 aliphatic heterocycles. The molecule has 0 fully saturated rings. The van der Waals surface area contributed by atoms with E-state index in [9.17, 15) is 9.59 Å². The molecule has 1 unspecified atom stereocenters. The third kappa shape index (κ3) is 5.23. The number of pyridine rings is 1. The standard InChI is InChI=1S/C20H22N6O2/c1-14(11-26-13-21-12-24-26)25-20(28)18-5-3-4-17(8-18)19-7-6-16(10-23-19)9-22-15(2)27/h3-8,10,12-14H,9,11H2,1-2H3,(H,22,27)(H,25,28). The Morgan fingerprint density at radius 3 is 2.75 bits per heavy atom. The number of carbonyl (C=O) groups is 2. The summed E-state index contributed by atoms with van der Waals surface area (Å²) in [5, 5.41) is 9.74. The molecule has 1 atom stereocenters. The quantitative estimate of drug-likeness (QED) is 0.653. The minimum atomic E-state index is -0.156. The average molecular weight is 378 g/mol. The summed E-state index contributed by atoms with van der Waals surface area (Å²) >= 11 is 0. The van der Waals surface area contributed by atoms with Gasteiger partial charge < -0.3 is 10.6 Å². The minimum absolute atomic E-state index is 0.0826. The molecule has 0 radical (unpaired) electrons. The van der Waals surface area contributed by atoms with Crippen LogP contribution < -0.4 is 10.6 Å². The van der Waals surface area contributed by atoms with Gasteiger partial charge in [0.1, 0.15) is 12.7 Å². The van der Waals surface area contributed by atoms with Gasteiger partial charge in [0.2, 0.25) is 5.91 Å². The number of hydrogen-bond acceptors (Lipinski definition) is 5. The van der Waals surface area contributed by atoms with E-state index in [0.717, 1.165) is 16.8 Å². The van der Waals surface area contributed by atoms with E-state index < -0.39 is 0 Å². The summed E-state index contributed by atoms with van der Waals surface area (Å²) in [5.41, 5.74) is 3.08. The first-order valence-corrected chi connectivity index (χ1v) is 8.94. The maximum atomic E-state index is 12.6. The molecule has 2 amide bonds. The summed E-state index contributed by atoms with van der Waals surface area (Å²) in [6.07, 6.45) is 4.80. The van der Waals surface area contributed by atoms with Crippen LogP contribution in [0.2, 0.25) is 0 Å². The molecule has 2 N–H and O–H groups in total. The van der Waals surface area contributed by atoms with Gasteiger partial charge in [0.25, 0.3) is 5.91 Å². The van der Waals surface area contributed by atoms with E-state index in [2.05, 4.69) is 25.7 Å². The molecular weight excluding hydrogens is 356 g/mol. The lowest BCUT2D eigenvalue weighted by atomic mass is 10.1. The van der Waals surface area contributed by atoms with Crippen LogP contribution in [0.1, 0.15) is 29.8 Å². The van der Waals surface area contributed by atoms with Crippen molar-refractivity contribution in [1.82, 2.24) is 30.4 Å². The summed E-state index contributed by atoms with van der Waals surface area (Å²) in [5.74, 6) is -0.238. The first-order valence-electron chi connectivity index (χ1n) is 8.94. The predicted octanol–water partition coefficient (Wildman–Crippen LogP) is 1.79. The highest BCUT2D eigenvalue weighted by Crippen LogP contribution is 2.18. The molecule has 28 heavy (non-hydrogen) atoms. The lowest BCUT2D eigenvalue weighted by Gasteiger charge is -2.14. The molecule has 3 rings (SSSR count). The lowest BCUT2D eigenvalue weighted by Crippen LogP contribution is -2.35. The summed E-state index contributed by atoms with van der Waals surface area (Å²) in [6.45, 7) is 4.38. The van der Waals surface area contributed by atoms with Gasteiger partial charge in [0.15, 0.2) is 0 Å². The molecule has 0 aliphatic carbocycles. The molecule has 0 saturated carbocycles. The second-order valence-corrected chi connectivity index (χ2v) is 6.53. The average Bonchev–Trinajstić information content (AvgIpc) is 3.19. The van der Waals surface area contributed by atoms with Gasteiger partial charge in [-0.3, -0.25) is 19.3 Å². The van der Waals surface area contributed by atoms with Crippen molar-refractivity contribution in [3.63, 3.8) is 0 Å². The molecule has 1 aromatic carbocycles. The van der Waals surface area contributed by atoms with Gasteiger partial charge in [-0.25, -0.2) is 4.98 Å². The summed E-state index contributed by atoms with van der Waals surface area (Å²) in [7, 11) is 0. The normalized spacial score (nSPS) is 11.6. The van der Waals surface area contributed by atoms with E-state index in [1.807, 2.05) is 37.3 Å². The van der Waals surface area contributed by atoms with Crippen LogP contribution in [-0.4, -0.2) is 37.6 Å². The van der Waals surface area contributed by atoms with Gasteiger partial charge >= 0.3 is 0 Å². The van der Waals surface area contributed by atoms with Gasteiger partial charge in [-0.15, -0.1) is 0 Å². The number of hydrogen-bond donors (Lipinski definition) is 2. The molecule has 3 aromatic rings. The fourth-order valence-corrected chi connectivity index (χ4v) is 2.71. The van der Waals surface area contributed by atoms with E-state index in [1.54, 1.807) is 23.3 Å². The Bertz CT molecular complexity index is 938. The maximum Gasteiger partial charge on any atom is 0.251 e. The van der Waals surface area contributed by atoms with Gasteiger partial charge in [-0.1, -0.05) is 18.2 Å². The van der Waals surface area contributed by atoms with Crippen LogP contribution >= 0.6 is 0 Å². The summed E-state index contributed by atoms with van der Waals surface area (Å²) in [6, 6.07) is 11.0. The van der Waals surface area contributed by atoms with Crippen LogP contribution in [0.15, 0.2) is 55.2 Å². The zero-order chi connectivity index (χ0) is 19.9. The highest BCUT2D eigenvalue weighted by Gasteiger charge is 2.12. The molecule has 2 heterocycles. The highest BCUT2D eigenvalue weighted by molar-refractivity contribution is 5.95. The summed E-state index contributed by atoms with van der Waals surface area (Å²) in [4.78, 5) is 31.9. The summed E-state index contributed by atoms with van der Waals surface area (Å²) < 4.78 is 1.67. The van der Waals surface area contributed by atoms with Crippen molar-refractivity contribution in [2.45, 2.75) is 33.0 Å². The van der Waals surface area contributed by atoms with Crippen molar-refractivity contribution < 1.29 is 9.59 Å². The van der Waals surface area contributed by atoms with Crippen molar-refractivity contribution in [3.8, 4) is 11.3 Å². The number of nitrogens with one attached hydrogen (secondary N) is 2. The number of nitrogens with zero attached hydrogens (tertiary/aromatic N) is 4. The molecule has 0 saturated heterocycles. The lowest BCUT2D eigenvalue weighted by molar-refractivity contribution is -0.119. The molecule has 144 valence electrons. The number of benzene rings is 1. The van der Waals surface area contributed by atoms with Gasteiger partial charge in [-0.2, -0.15) is 5.10 Å². The van der Waals surface area contributed by atoms with Crippen molar-refractivity contribution in [3.05, 3.63) is 66.4 Å². The van der Waals surface area contributed by atoms with E-state index >= 15 is 0 Å². The van der Waals surface area contributed by atoms with E-state index in [1.165, 1.54) is 13.3 Å². The highest BCUT2D eigenvalue weighted by atomic mass is 16.2. The van der Waals surface area contributed by atoms with Crippen LogP contribution in [0.25, 0.3) is 11.3 Å². The van der Waals surface area contributed by atoms with Crippen LogP contribution in [0.5, 0.6) is 0 Å².